The Morgan fingerprint density at radius 2 is 1.88 bits per heavy atom. The highest BCUT2D eigenvalue weighted by Gasteiger charge is 2.24. The summed E-state index contributed by atoms with van der Waals surface area (Å²) in [6.45, 7) is 2.86. The maximum absolute atomic E-state index is 12.4. The number of likely N-dealkylation sites (tertiary alicyclic amines) is 1. The third-order valence-corrected chi connectivity index (χ3v) is 5.43. The van der Waals surface area contributed by atoms with Crippen molar-refractivity contribution in [2.75, 3.05) is 13.1 Å². The highest BCUT2D eigenvalue weighted by Crippen LogP contribution is 2.25. The second kappa shape index (κ2) is 6.14. The highest BCUT2D eigenvalue weighted by atomic mass is 16.1. The summed E-state index contributed by atoms with van der Waals surface area (Å²) >= 11 is 0. The van der Waals surface area contributed by atoms with E-state index in [0.717, 1.165) is 49.2 Å². The molecule has 0 spiro atoms. The third kappa shape index (κ3) is 2.54. The summed E-state index contributed by atoms with van der Waals surface area (Å²) in [5, 5.41) is 0. The van der Waals surface area contributed by atoms with Crippen LogP contribution in [0.4, 0.5) is 0 Å². The SMILES string of the molecule is O=c1[nH]c2ccccc2n1C1CCN(Cc2cnc3ccccn23)CC1. The molecule has 132 valence electrons. The second-order valence-electron chi connectivity index (χ2n) is 7.00. The number of aromatic amines is 1. The molecule has 0 atom stereocenters. The van der Waals surface area contributed by atoms with Gasteiger partial charge in [0.25, 0.3) is 0 Å². The Morgan fingerprint density at radius 1 is 1.08 bits per heavy atom. The highest BCUT2D eigenvalue weighted by molar-refractivity contribution is 5.75. The van der Waals surface area contributed by atoms with E-state index < -0.39 is 0 Å². The van der Waals surface area contributed by atoms with Crippen molar-refractivity contribution in [2.45, 2.75) is 25.4 Å². The van der Waals surface area contributed by atoms with Crippen LogP contribution in [0, 0.1) is 0 Å². The van der Waals surface area contributed by atoms with Gasteiger partial charge in [0.1, 0.15) is 5.65 Å². The Balaban J connectivity index is 1.33. The predicted molar refractivity (Wildman–Crippen MR) is 101 cm³/mol. The third-order valence-electron chi connectivity index (χ3n) is 5.43. The maximum atomic E-state index is 12.4. The fourth-order valence-corrected chi connectivity index (χ4v) is 4.10. The van der Waals surface area contributed by atoms with E-state index in [0.29, 0.717) is 0 Å². The molecule has 0 unspecified atom stereocenters. The first-order valence-corrected chi connectivity index (χ1v) is 9.12. The number of nitrogens with zero attached hydrogens (tertiary/aromatic N) is 4. The van der Waals surface area contributed by atoms with Gasteiger partial charge in [-0.15, -0.1) is 0 Å². The van der Waals surface area contributed by atoms with Gasteiger partial charge >= 0.3 is 5.69 Å². The molecule has 4 heterocycles. The Kier molecular flexibility index (Phi) is 3.64. The summed E-state index contributed by atoms with van der Waals surface area (Å²) in [4.78, 5) is 22.3. The first kappa shape index (κ1) is 15.4. The molecule has 0 saturated carbocycles. The van der Waals surface area contributed by atoms with Crippen LogP contribution in [0.15, 0.2) is 59.7 Å². The van der Waals surface area contributed by atoms with Crippen LogP contribution < -0.4 is 5.69 Å². The van der Waals surface area contributed by atoms with E-state index in [9.17, 15) is 4.79 Å². The number of pyridine rings is 1. The molecule has 1 aromatic carbocycles. The summed E-state index contributed by atoms with van der Waals surface area (Å²) in [6, 6.07) is 14.3. The summed E-state index contributed by atoms with van der Waals surface area (Å²) in [5.74, 6) is 0. The fourth-order valence-electron chi connectivity index (χ4n) is 4.10. The maximum Gasteiger partial charge on any atom is 0.326 e. The number of H-pyrrole nitrogens is 1. The molecule has 4 aromatic rings. The van der Waals surface area contributed by atoms with Gasteiger partial charge in [-0.25, -0.2) is 9.78 Å². The van der Waals surface area contributed by atoms with Gasteiger partial charge in [-0.2, -0.15) is 0 Å². The van der Waals surface area contributed by atoms with Crippen LogP contribution in [-0.2, 0) is 6.54 Å². The van der Waals surface area contributed by atoms with Gasteiger partial charge in [-0.3, -0.25) is 9.47 Å². The molecule has 5 rings (SSSR count). The number of para-hydroxylation sites is 2. The molecule has 1 N–H and O–H groups in total. The van der Waals surface area contributed by atoms with Gasteiger partial charge in [0.2, 0.25) is 0 Å². The van der Waals surface area contributed by atoms with Crippen molar-refractivity contribution in [3.05, 3.63) is 71.0 Å². The number of aromatic nitrogens is 4. The Hall–Kier alpha value is -2.86. The lowest BCUT2D eigenvalue weighted by atomic mass is 10.0. The monoisotopic (exact) mass is 347 g/mol. The van der Waals surface area contributed by atoms with E-state index in [-0.39, 0.29) is 11.7 Å². The van der Waals surface area contributed by atoms with Crippen LogP contribution >= 0.6 is 0 Å². The van der Waals surface area contributed by atoms with E-state index in [2.05, 4.69) is 25.5 Å². The smallest absolute Gasteiger partial charge is 0.306 e. The van der Waals surface area contributed by atoms with Crippen molar-refractivity contribution in [1.29, 1.82) is 0 Å². The lowest BCUT2D eigenvalue weighted by Gasteiger charge is -2.32. The molecule has 1 aliphatic heterocycles. The Bertz CT molecular complexity index is 1110. The van der Waals surface area contributed by atoms with Crippen LogP contribution in [0.2, 0.25) is 0 Å². The first-order valence-electron chi connectivity index (χ1n) is 9.12. The van der Waals surface area contributed by atoms with Gasteiger partial charge in [-0.1, -0.05) is 18.2 Å². The van der Waals surface area contributed by atoms with Gasteiger partial charge in [0, 0.05) is 31.9 Å². The van der Waals surface area contributed by atoms with Gasteiger partial charge in [-0.05, 0) is 37.1 Å². The number of rotatable bonds is 3. The predicted octanol–water partition coefficient (Wildman–Crippen LogP) is 2.81. The van der Waals surface area contributed by atoms with Crippen molar-refractivity contribution in [1.82, 2.24) is 23.8 Å². The lowest BCUT2D eigenvalue weighted by molar-refractivity contribution is 0.178. The van der Waals surface area contributed by atoms with Gasteiger partial charge in [0.05, 0.1) is 22.9 Å². The summed E-state index contributed by atoms with van der Waals surface area (Å²) in [7, 11) is 0. The zero-order valence-corrected chi connectivity index (χ0v) is 14.5. The minimum absolute atomic E-state index is 0.00596. The van der Waals surface area contributed by atoms with Crippen LogP contribution in [0.1, 0.15) is 24.6 Å². The second-order valence-corrected chi connectivity index (χ2v) is 7.00. The molecule has 6 nitrogen and oxygen atoms in total. The molecule has 1 aliphatic rings. The van der Waals surface area contributed by atoms with E-state index in [1.807, 2.05) is 53.2 Å². The minimum Gasteiger partial charge on any atom is -0.306 e. The van der Waals surface area contributed by atoms with Crippen molar-refractivity contribution in [2.24, 2.45) is 0 Å². The number of hydrogen-bond acceptors (Lipinski definition) is 3. The van der Waals surface area contributed by atoms with Crippen molar-refractivity contribution in [3.63, 3.8) is 0 Å². The zero-order valence-electron chi connectivity index (χ0n) is 14.5. The summed E-state index contributed by atoms with van der Waals surface area (Å²) in [6.07, 6.45) is 6.00. The number of benzene rings is 1. The van der Waals surface area contributed by atoms with E-state index in [1.165, 1.54) is 5.69 Å². The number of fused-ring (bicyclic) bond motifs is 2. The van der Waals surface area contributed by atoms with E-state index in [4.69, 9.17) is 0 Å². The molecule has 0 radical (unpaired) electrons. The molecule has 0 aliphatic carbocycles. The number of piperidine rings is 1. The first-order chi connectivity index (χ1) is 12.8. The molecule has 6 heteroatoms. The average Bonchev–Trinajstić information content (AvgIpc) is 3.23. The summed E-state index contributed by atoms with van der Waals surface area (Å²) < 4.78 is 4.09. The van der Waals surface area contributed by atoms with E-state index in [1.54, 1.807) is 0 Å². The molecule has 0 amide bonds. The van der Waals surface area contributed by atoms with Crippen LogP contribution in [0.25, 0.3) is 16.7 Å². The molecular weight excluding hydrogens is 326 g/mol. The topological polar surface area (TPSA) is 58.3 Å². The largest absolute Gasteiger partial charge is 0.326 e. The van der Waals surface area contributed by atoms with Gasteiger partial charge < -0.3 is 9.38 Å². The molecule has 3 aromatic heterocycles. The lowest BCUT2D eigenvalue weighted by Crippen LogP contribution is -2.36. The van der Waals surface area contributed by atoms with Crippen molar-refractivity contribution in [3.8, 4) is 0 Å². The molecule has 0 bridgehead atoms. The van der Waals surface area contributed by atoms with E-state index >= 15 is 0 Å². The molecule has 26 heavy (non-hydrogen) atoms. The quantitative estimate of drug-likeness (QED) is 0.620. The molecule has 1 saturated heterocycles. The molecular formula is C20H21N5O. The Labute approximate surface area is 150 Å². The number of nitrogens with one attached hydrogen (secondary N) is 1. The van der Waals surface area contributed by atoms with Crippen LogP contribution in [-0.4, -0.2) is 36.9 Å². The number of hydrogen-bond donors (Lipinski definition) is 1. The fraction of sp³-hybridized carbons (Fsp3) is 0.300. The van der Waals surface area contributed by atoms with Gasteiger partial charge in [0.15, 0.2) is 0 Å². The van der Waals surface area contributed by atoms with Crippen LogP contribution in [0.5, 0.6) is 0 Å². The number of imidazole rings is 2. The summed E-state index contributed by atoms with van der Waals surface area (Å²) in [5.41, 5.74) is 4.14. The molecule has 1 fully saturated rings. The normalized spacial score (nSPS) is 16.6. The van der Waals surface area contributed by atoms with Crippen molar-refractivity contribution < 1.29 is 0 Å². The Morgan fingerprint density at radius 3 is 2.77 bits per heavy atom. The minimum atomic E-state index is 0.00596. The van der Waals surface area contributed by atoms with Crippen molar-refractivity contribution >= 4 is 16.7 Å². The zero-order chi connectivity index (χ0) is 17.5. The van der Waals surface area contributed by atoms with Crippen LogP contribution in [0.3, 0.4) is 0 Å². The standard InChI is InChI=1S/C20H21N5O/c26-20-22-17-5-1-2-6-18(17)25(20)15-8-11-23(12-9-15)14-16-13-21-19-7-3-4-10-24(16)19/h1-7,10,13,15H,8-9,11-12,14H2,(H,22,26). The average molecular weight is 347 g/mol.